The van der Waals surface area contributed by atoms with E-state index in [1.165, 1.54) is 18.2 Å². The molecule has 1 unspecified atom stereocenters. The largest absolute Gasteiger partial charge is 0.357 e. The van der Waals surface area contributed by atoms with Gasteiger partial charge in [-0.3, -0.25) is 4.99 Å². The fraction of sp³-hybridized carbons (Fsp3) is 0.588. The molecule has 0 heterocycles. The number of nitrogens with one attached hydrogen (secondary N) is 2. The van der Waals surface area contributed by atoms with Gasteiger partial charge in [0, 0.05) is 17.6 Å². The highest BCUT2D eigenvalue weighted by molar-refractivity contribution is 14.0. The fourth-order valence-corrected chi connectivity index (χ4v) is 2.18. The maximum absolute atomic E-state index is 14.1. The van der Waals surface area contributed by atoms with E-state index in [0.717, 1.165) is 0 Å². The van der Waals surface area contributed by atoms with Crippen LogP contribution in [0.4, 0.5) is 8.78 Å². The van der Waals surface area contributed by atoms with Crippen molar-refractivity contribution in [2.75, 3.05) is 27.2 Å². The van der Waals surface area contributed by atoms with Crippen LogP contribution < -0.4 is 10.6 Å². The predicted molar refractivity (Wildman–Crippen MR) is 107 cm³/mol. The molecule has 0 amide bonds. The minimum Gasteiger partial charge on any atom is -0.357 e. The molecule has 0 fully saturated rings. The second kappa shape index (κ2) is 10.1. The van der Waals surface area contributed by atoms with Gasteiger partial charge in [-0.2, -0.15) is 0 Å². The van der Waals surface area contributed by atoms with Gasteiger partial charge in [-0.1, -0.05) is 6.07 Å². The number of hydrogen-bond donors (Lipinski definition) is 2. The van der Waals surface area contributed by atoms with Gasteiger partial charge in [0.05, 0.1) is 12.6 Å². The van der Waals surface area contributed by atoms with E-state index in [2.05, 4.69) is 15.6 Å². The second-order valence-corrected chi connectivity index (χ2v) is 6.71. The molecule has 4 nitrogen and oxygen atoms in total. The summed E-state index contributed by atoms with van der Waals surface area (Å²) in [5.41, 5.74) is -0.106. The third-order valence-electron chi connectivity index (χ3n) is 3.22. The molecule has 7 heteroatoms. The van der Waals surface area contributed by atoms with Crippen LogP contribution in [0.5, 0.6) is 0 Å². The number of rotatable bonds is 5. The Kier molecular flexibility index (Phi) is 9.72. The molecule has 1 aromatic carbocycles. The van der Waals surface area contributed by atoms with Crippen molar-refractivity contribution in [3.05, 3.63) is 35.4 Å². The molecule has 0 saturated carbocycles. The average Bonchev–Trinajstić information content (AvgIpc) is 2.39. The molecule has 1 aromatic rings. The first-order valence-electron chi connectivity index (χ1n) is 7.82. The number of likely N-dealkylation sites (N-methyl/N-ethyl adjacent to an activating group) is 1. The standard InChI is InChI=1S/C17H28F2N4.HI/c1-7-20-16(22-17(2,3)4)21-11-14(23(5)6)15-12(18)9-8-10-13(15)19;/h8-10,14H,7,11H2,1-6H3,(H2,20,21,22);1H. The molecule has 1 atom stereocenters. The van der Waals surface area contributed by atoms with Gasteiger partial charge in [-0.15, -0.1) is 24.0 Å². The van der Waals surface area contributed by atoms with Crippen LogP contribution in [0, 0.1) is 11.6 Å². The normalized spacial score (nSPS) is 13.5. The molecule has 0 aliphatic carbocycles. The first-order valence-corrected chi connectivity index (χ1v) is 7.82. The lowest BCUT2D eigenvalue weighted by molar-refractivity contribution is 0.289. The molecular formula is C17H29F2IN4. The summed E-state index contributed by atoms with van der Waals surface area (Å²) in [7, 11) is 3.58. The molecule has 0 aliphatic rings. The lowest BCUT2D eigenvalue weighted by Crippen LogP contribution is -2.47. The zero-order chi connectivity index (χ0) is 17.6. The Morgan fingerprint density at radius 2 is 1.75 bits per heavy atom. The monoisotopic (exact) mass is 454 g/mol. The summed E-state index contributed by atoms with van der Waals surface area (Å²) >= 11 is 0. The molecule has 0 aliphatic heterocycles. The molecule has 2 N–H and O–H groups in total. The lowest BCUT2D eigenvalue weighted by Gasteiger charge is -2.26. The van der Waals surface area contributed by atoms with E-state index in [1.807, 2.05) is 27.7 Å². The Balaban J connectivity index is 0.00000529. The molecule has 138 valence electrons. The highest BCUT2D eigenvalue weighted by Gasteiger charge is 2.22. The third-order valence-corrected chi connectivity index (χ3v) is 3.22. The zero-order valence-corrected chi connectivity index (χ0v) is 17.6. The summed E-state index contributed by atoms with van der Waals surface area (Å²) < 4.78 is 28.1. The van der Waals surface area contributed by atoms with Gasteiger partial charge in [0.25, 0.3) is 0 Å². The first-order chi connectivity index (χ1) is 10.7. The number of hydrogen-bond acceptors (Lipinski definition) is 2. The van der Waals surface area contributed by atoms with Crippen LogP contribution in [0.25, 0.3) is 0 Å². The fourth-order valence-electron chi connectivity index (χ4n) is 2.18. The summed E-state index contributed by atoms with van der Waals surface area (Å²) in [5, 5.41) is 6.41. The van der Waals surface area contributed by atoms with Crippen molar-refractivity contribution in [2.24, 2.45) is 4.99 Å². The Hall–Kier alpha value is -0.960. The van der Waals surface area contributed by atoms with E-state index >= 15 is 0 Å². The summed E-state index contributed by atoms with van der Waals surface area (Å²) in [5.74, 6) is -0.469. The maximum atomic E-state index is 14.1. The van der Waals surface area contributed by atoms with E-state index in [1.54, 1.807) is 19.0 Å². The van der Waals surface area contributed by atoms with E-state index in [9.17, 15) is 8.78 Å². The number of nitrogens with zero attached hydrogens (tertiary/aromatic N) is 2. The van der Waals surface area contributed by atoms with Crippen molar-refractivity contribution in [3.8, 4) is 0 Å². The summed E-state index contributed by atoms with van der Waals surface area (Å²) in [6, 6.07) is 3.44. The van der Waals surface area contributed by atoms with E-state index in [-0.39, 0.29) is 41.6 Å². The van der Waals surface area contributed by atoms with Crippen molar-refractivity contribution in [1.82, 2.24) is 15.5 Å². The van der Waals surface area contributed by atoms with Gasteiger partial charge >= 0.3 is 0 Å². The molecule has 0 aromatic heterocycles. The molecule has 0 bridgehead atoms. The second-order valence-electron chi connectivity index (χ2n) is 6.71. The van der Waals surface area contributed by atoms with Crippen LogP contribution in [0.2, 0.25) is 0 Å². The van der Waals surface area contributed by atoms with E-state index in [4.69, 9.17) is 0 Å². The Morgan fingerprint density at radius 1 is 1.21 bits per heavy atom. The molecule has 0 saturated heterocycles. The van der Waals surface area contributed by atoms with Crippen molar-refractivity contribution < 1.29 is 8.78 Å². The summed E-state index contributed by atoms with van der Waals surface area (Å²) in [6.07, 6.45) is 0. The van der Waals surface area contributed by atoms with Crippen LogP contribution >= 0.6 is 24.0 Å². The number of aliphatic imine (C=N–C) groups is 1. The molecule has 24 heavy (non-hydrogen) atoms. The zero-order valence-electron chi connectivity index (χ0n) is 15.3. The first kappa shape index (κ1) is 23.0. The van der Waals surface area contributed by atoms with Crippen molar-refractivity contribution in [3.63, 3.8) is 0 Å². The third kappa shape index (κ3) is 7.29. The highest BCUT2D eigenvalue weighted by atomic mass is 127. The van der Waals surface area contributed by atoms with Crippen molar-refractivity contribution in [2.45, 2.75) is 39.3 Å². The van der Waals surface area contributed by atoms with Crippen molar-refractivity contribution in [1.29, 1.82) is 0 Å². The Morgan fingerprint density at radius 3 is 2.17 bits per heavy atom. The van der Waals surface area contributed by atoms with E-state index in [0.29, 0.717) is 12.5 Å². The smallest absolute Gasteiger partial charge is 0.191 e. The van der Waals surface area contributed by atoms with Gasteiger partial charge in [0.15, 0.2) is 5.96 Å². The molecular weight excluding hydrogens is 425 g/mol. The topological polar surface area (TPSA) is 39.7 Å². The quantitative estimate of drug-likeness (QED) is 0.406. The van der Waals surface area contributed by atoms with Crippen LogP contribution in [0.3, 0.4) is 0 Å². The maximum Gasteiger partial charge on any atom is 0.191 e. The Bertz CT molecular complexity index is 522. The highest BCUT2D eigenvalue weighted by Crippen LogP contribution is 2.24. The van der Waals surface area contributed by atoms with Crippen molar-refractivity contribution >= 4 is 29.9 Å². The van der Waals surface area contributed by atoms with Gasteiger partial charge < -0.3 is 15.5 Å². The average molecular weight is 454 g/mol. The molecule has 0 spiro atoms. The molecule has 0 radical (unpaired) electrons. The van der Waals surface area contributed by atoms with Crippen LogP contribution in [-0.2, 0) is 0 Å². The van der Waals surface area contributed by atoms with Crippen LogP contribution in [-0.4, -0.2) is 43.6 Å². The summed E-state index contributed by atoms with van der Waals surface area (Å²) in [6.45, 7) is 9.01. The minimum absolute atomic E-state index is 0. The molecule has 1 rings (SSSR count). The SMILES string of the molecule is CCNC(=NCC(c1c(F)cccc1F)N(C)C)NC(C)(C)C.I. The van der Waals surface area contributed by atoms with Gasteiger partial charge in [0.1, 0.15) is 11.6 Å². The number of benzene rings is 1. The van der Waals surface area contributed by atoms with Gasteiger partial charge in [0.2, 0.25) is 0 Å². The lowest BCUT2D eigenvalue weighted by atomic mass is 10.0. The Labute approximate surface area is 161 Å². The van der Waals surface area contributed by atoms with Gasteiger partial charge in [-0.05, 0) is 53.9 Å². The van der Waals surface area contributed by atoms with Crippen LogP contribution in [0.15, 0.2) is 23.2 Å². The number of halogens is 3. The summed E-state index contributed by atoms with van der Waals surface area (Å²) in [4.78, 5) is 6.27. The van der Waals surface area contributed by atoms with Crippen LogP contribution in [0.1, 0.15) is 39.3 Å². The number of guanidine groups is 1. The predicted octanol–water partition coefficient (Wildman–Crippen LogP) is 3.54. The minimum atomic E-state index is -0.548. The van der Waals surface area contributed by atoms with Gasteiger partial charge in [-0.25, -0.2) is 8.78 Å². The van der Waals surface area contributed by atoms with E-state index < -0.39 is 17.7 Å².